The Balaban J connectivity index is 0.00000225. The van der Waals surface area contributed by atoms with Crippen LogP contribution >= 0.6 is 12.4 Å². The highest BCUT2D eigenvalue weighted by Gasteiger charge is 2.13. The quantitative estimate of drug-likeness (QED) is 0.835. The number of hydrogen-bond acceptors (Lipinski definition) is 3. The zero-order valence-corrected chi connectivity index (χ0v) is 10.7. The number of rotatable bonds is 4. The average Bonchev–Trinajstić information content (AvgIpc) is 2.58. The first kappa shape index (κ1) is 14.9. The minimum Gasteiger partial charge on any atom is -0.320 e. The van der Waals surface area contributed by atoms with E-state index in [2.05, 4.69) is 10.4 Å². The van der Waals surface area contributed by atoms with Crippen LogP contribution < -0.4 is 11.1 Å². The molecule has 1 rings (SSSR count). The molecule has 3 N–H and O–H groups in total. The molecule has 0 saturated heterocycles. The highest BCUT2D eigenvalue weighted by molar-refractivity contribution is 5.93. The molecule has 1 aromatic heterocycles. The summed E-state index contributed by atoms with van der Waals surface area (Å²) in [7, 11) is 1.80. The van der Waals surface area contributed by atoms with Crippen LogP contribution in [0.1, 0.15) is 26.0 Å². The summed E-state index contributed by atoms with van der Waals surface area (Å²) in [6, 6.07) is 1.41. The van der Waals surface area contributed by atoms with Crippen LogP contribution in [0.5, 0.6) is 0 Å². The van der Waals surface area contributed by atoms with Crippen molar-refractivity contribution in [3.8, 4) is 0 Å². The molecule has 1 heterocycles. The molecule has 0 spiro atoms. The second kappa shape index (κ2) is 6.50. The maximum atomic E-state index is 11.5. The maximum Gasteiger partial charge on any atom is 0.242 e. The SMILES string of the molecule is CCc1cc(NC(=O)[C@@H](N)CC)n(C)n1.Cl. The predicted octanol–water partition coefficient (Wildman–Crippen LogP) is 1.08. The first-order valence-corrected chi connectivity index (χ1v) is 5.17. The molecule has 0 radical (unpaired) electrons. The summed E-state index contributed by atoms with van der Waals surface area (Å²) in [5.74, 6) is 0.531. The van der Waals surface area contributed by atoms with Crippen molar-refractivity contribution in [1.29, 1.82) is 0 Å². The van der Waals surface area contributed by atoms with Crippen LogP contribution in [0.4, 0.5) is 5.82 Å². The van der Waals surface area contributed by atoms with E-state index in [0.717, 1.165) is 12.1 Å². The van der Waals surface area contributed by atoms with Gasteiger partial charge in [-0.25, -0.2) is 0 Å². The molecule has 0 fully saturated rings. The summed E-state index contributed by atoms with van der Waals surface area (Å²) in [5.41, 5.74) is 6.57. The van der Waals surface area contributed by atoms with E-state index in [-0.39, 0.29) is 18.3 Å². The summed E-state index contributed by atoms with van der Waals surface area (Å²) in [4.78, 5) is 11.5. The van der Waals surface area contributed by atoms with Gasteiger partial charge in [0.05, 0.1) is 11.7 Å². The zero-order chi connectivity index (χ0) is 11.4. The van der Waals surface area contributed by atoms with Crippen molar-refractivity contribution in [2.24, 2.45) is 12.8 Å². The molecule has 6 heteroatoms. The van der Waals surface area contributed by atoms with E-state index in [0.29, 0.717) is 12.2 Å². The lowest BCUT2D eigenvalue weighted by Gasteiger charge is -2.09. The largest absolute Gasteiger partial charge is 0.320 e. The molecule has 0 aliphatic rings. The normalized spacial score (nSPS) is 11.8. The van der Waals surface area contributed by atoms with Gasteiger partial charge in [0.25, 0.3) is 0 Å². The van der Waals surface area contributed by atoms with Crippen LogP contribution in [-0.4, -0.2) is 21.7 Å². The van der Waals surface area contributed by atoms with Crippen molar-refractivity contribution in [2.75, 3.05) is 5.32 Å². The Kier molecular flexibility index (Phi) is 6.06. The Hall–Kier alpha value is -1.07. The summed E-state index contributed by atoms with van der Waals surface area (Å²) in [6.45, 7) is 3.90. The molecule has 0 saturated carbocycles. The van der Waals surface area contributed by atoms with Gasteiger partial charge in [0.2, 0.25) is 5.91 Å². The van der Waals surface area contributed by atoms with Gasteiger partial charge in [-0.05, 0) is 12.8 Å². The number of nitrogens with one attached hydrogen (secondary N) is 1. The molecular weight excluding hydrogens is 228 g/mol. The summed E-state index contributed by atoms with van der Waals surface area (Å²) >= 11 is 0. The fraction of sp³-hybridized carbons (Fsp3) is 0.600. The summed E-state index contributed by atoms with van der Waals surface area (Å²) in [6.07, 6.45) is 1.48. The van der Waals surface area contributed by atoms with Gasteiger partial charge in [0, 0.05) is 13.1 Å². The Morgan fingerprint density at radius 1 is 1.62 bits per heavy atom. The van der Waals surface area contributed by atoms with Gasteiger partial charge in [-0.1, -0.05) is 13.8 Å². The average molecular weight is 247 g/mol. The van der Waals surface area contributed by atoms with Gasteiger partial charge in [-0.3, -0.25) is 9.48 Å². The highest BCUT2D eigenvalue weighted by atomic mass is 35.5. The molecular formula is C10H19ClN4O. The third-order valence-corrected chi connectivity index (χ3v) is 2.32. The second-order valence-corrected chi connectivity index (χ2v) is 3.50. The molecule has 5 nitrogen and oxygen atoms in total. The molecule has 0 aromatic carbocycles. The van der Waals surface area contributed by atoms with Crippen LogP contribution in [0.15, 0.2) is 6.07 Å². The van der Waals surface area contributed by atoms with Crippen LogP contribution in [-0.2, 0) is 18.3 Å². The Morgan fingerprint density at radius 3 is 2.69 bits per heavy atom. The molecule has 1 amide bonds. The van der Waals surface area contributed by atoms with Crippen LogP contribution in [0.2, 0.25) is 0 Å². The van der Waals surface area contributed by atoms with Crippen LogP contribution in [0.25, 0.3) is 0 Å². The van der Waals surface area contributed by atoms with Crippen LogP contribution in [0.3, 0.4) is 0 Å². The molecule has 0 aliphatic carbocycles. The third-order valence-electron chi connectivity index (χ3n) is 2.32. The third kappa shape index (κ3) is 3.50. The molecule has 16 heavy (non-hydrogen) atoms. The Bertz CT molecular complexity index is 351. The lowest BCUT2D eigenvalue weighted by molar-refractivity contribution is -0.117. The Morgan fingerprint density at radius 2 is 2.25 bits per heavy atom. The number of nitrogens with two attached hydrogens (primary N) is 1. The number of aromatic nitrogens is 2. The molecule has 1 atom stereocenters. The van der Waals surface area contributed by atoms with Crippen molar-refractivity contribution in [3.63, 3.8) is 0 Å². The standard InChI is InChI=1S/C10H18N4O.ClH/c1-4-7-6-9(14(3)13-7)12-10(15)8(11)5-2;/h6,8H,4-5,11H2,1-3H3,(H,12,15);1H/t8-;/m0./s1. The first-order chi connectivity index (χ1) is 7.08. The van der Waals surface area contributed by atoms with Crippen molar-refractivity contribution in [3.05, 3.63) is 11.8 Å². The number of aryl methyl sites for hydroxylation is 2. The number of nitrogens with zero attached hydrogens (tertiary/aromatic N) is 2. The highest BCUT2D eigenvalue weighted by Crippen LogP contribution is 2.09. The number of carbonyl (C=O) groups excluding carboxylic acids is 1. The van der Waals surface area contributed by atoms with Gasteiger partial charge < -0.3 is 11.1 Å². The number of carbonyl (C=O) groups is 1. The fourth-order valence-corrected chi connectivity index (χ4v) is 1.22. The van der Waals surface area contributed by atoms with Crippen LogP contribution in [0, 0.1) is 0 Å². The van der Waals surface area contributed by atoms with E-state index in [1.165, 1.54) is 0 Å². The van der Waals surface area contributed by atoms with E-state index in [9.17, 15) is 4.79 Å². The monoisotopic (exact) mass is 246 g/mol. The summed E-state index contributed by atoms with van der Waals surface area (Å²) in [5, 5.41) is 6.98. The molecule has 0 unspecified atom stereocenters. The van der Waals surface area contributed by atoms with E-state index in [4.69, 9.17) is 5.73 Å². The number of amides is 1. The van der Waals surface area contributed by atoms with Gasteiger partial charge in [-0.2, -0.15) is 5.10 Å². The second-order valence-electron chi connectivity index (χ2n) is 3.50. The van der Waals surface area contributed by atoms with E-state index in [1.807, 2.05) is 19.9 Å². The molecule has 0 aliphatic heterocycles. The lowest BCUT2D eigenvalue weighted by Crippen LogP contribution is -2.35. The van der Waals surface area contributed by atoms with Crippen molar-refractivity contribution in [1.82, 2.24) is 9.78 Å². The van der Waals surface area contributed by atoms with E-state index < -0.39 is 6.04 Å². The van der Waals surface area contributed by atoms with E-state index >= 15 is 0 Å². The topological polar surface area (TPSA) is 72.9 Å². The maximum absolute atomic E-state index is 11.5. The first-order valence-electron chi connectivity index (χ1n) is 5.17. The molecule has 92 valence electrons. The number of halogens is 1. The Labute approximate surface area is 102 Å². The fourth-order valence-electron chi connectivity index (χ4n) is 1.22. The smallest absolute Gasteiger partial charge is 0.242 e. The van der Waals surface area contributed by atoms with Crippen molar-refractivity contribution in [2.45, 2.75) is 32.7 Å². The summed E-state index contributed by atoms with van der Waals surface area (Å²) < 4.78 is 1.65. The van der Waals surface area contributed by atoms with Crippen molar-refractivity contribution < 1.29 is 4.79 Å². The van der Waals surface area contributed by atoms with Gasteiger partial charge in [0.1, 0.15) is 5.82 Å². The lowest BCUT2D eigenvalue weighted by atomic mass is 10.2. The number of anilines is 1. The number of hydrogen-bond donors (Lipinski definition) is 2. The minimum absolute atomic E-state index is 0. The van der Waals surface area contributed by atoms with Gasteiger partial charge >= 0.3 is 0 Å². The van der Waals surface area contributed by atoms with Gasteiger partial charge in [-0.15, -0.1) is 12.4 Å². The molecule has 0 bridgehead atoms. The predicted molar refractivity (Wildman–Crippen MR) is 66.7 cm³/mol. The van der Waals surface area contributed by atoms with E-state index in [1.54, 1.807) is 11.7 Å². The zero-order valence-electron chi connectivity index (χ0n) is 9.86. The molecule has 1 aromatic rings. The minimum atomic E-state index is -0.454. The van der Waals surface area contributed by atoms with Crippen molar-refractivity contribution >= 4 is 24.1 Å². The van der Waals surface area contributed by atoms with Gasteiger partial charge in [0.15, 0.2) is 0 Å².